The van der Waals surface area contributed by atoms with E-state index in [1.165, 1.54) is 0 Å². The Balaban J connectivity index is 2.26. The maximum atomic E-state index is 14.1. The second kappa shape index (κ2) is 3.81. The summed E-state index contributed by atoms with van der Waals surface area (Å²) in [7, 11) is 0. The van der Waals surface area contributed by atoms with E-state index in [9.17, 15) is 9.18 Å². The lowest BCUT2D eigenvalue weighted by Gasteiger charge is -2.07. The smallest absolute Gasteiger partial charge is 0.193 e. The molecule has 17 heavy (non-hydrogen) atoms. The van der Waals surface area contributed by atoms with Crippen molar-refractivity contribution in [1.29, 1.82) is 0 Å². The van der Waals surface area contributed by atoms with Gasteiger partial charge < -0.3 is 0 Å². The Kier molecular flexibility index (Phi) is 2.29. The van der Waals surface area contributed by atoms with Gasteiger partial charge in [-0.3, -0.25) is 4.79 Å². The molecule has 0 radical (unpaired) electrons. The van der Waals surface area contributed by atoms with Crippen LogP contribution in [-0.4, -0.2) is 5.78 Å². The van der Waals surface area contributed by atoms with Gasteiger partial charge in [0.2, 0.25) is 0 Å². The van der Waals surface area contributed by atoms with Gasteiger partial charge in [-0.2, -0.15) is 0 Å². The number of carbonyl (C=O) groups excluding carboxylic acids is 1. The zero-order chi connectivity index (χ0) is 11.8. The zero-order valence-corrected chi connectivity index (χ0v) is 9.19. The van der Waals surface area contributed by atoms with Crippen molar-refractivity contribution in [3.8, 4) is 0 Å². The van der Waals surface area contributed by atoms with Crippen molar-refractivity contribution in [3.05, 3.63) is 70.8 Å². The number of carbonyl (C=O) groups is 1. The molecule has 0 bridgehead atoms. The summed E-state index contributed by atoms with van der Waals surface area (Å²) in [6, 6.07) is 14.2. The van der Waals surface area contributed by atoms with Gasteiger partial charge in [-0.15, -0.1) is 0 Å². The minimum atomic E-state index is -1.10. The van der Waals surface area contributed by atoms with E-state index in [1.54, 1.807) is 30.3 Å². The summed E-state index contributed by atoms with van der Waals surface area (Å²) in [6.07, 6.45) is -0.822. The van der Waals surface area contributed by atoms with Gasteiger partial charge in [0, 0.05) is 17.5 Å². The lowest BCUT2D eigenvalue weighted by Crippen LogP contribution is -2.03. The minimum Gasteiger partial charge on any atom is -0.289 e. The van der Waals surface area contributed by atoms with E-state index in [0.717, 1.165) is 5.56 Å². The first-order chi connectivity index (χ1) is 8.27. The predicted molar refractivity (Wildman–Crippen MR) is 63.9 cm³/mol. The van der Waals surface area contributed by atoms with Crippen molar-refractivity contribution in [2.75, 3.05) is 0 Å². The molecule has 1 aliphatic rings. The van der Waals surface area contributed by atoms with Crippen LogP contribution in [0, 0.1) is 0 Å². The molecule has 3 rings (SSSR count). The molecule has 0 saturated heterocycles. The molecule has 2 aromatic rings. The third-order valence-corrected chi connectivity index (χ3v) is 3.20. The highest BCUT2D eigenvalue weighted by molar-refractivity contribution is 6.11. The number of hydrogen-bond acceptors (Lipinski definition) is 1. The first kappa shape index (κ1) is 10.2. The van der Waals surface area contributed by atoms with Crippen LogP contribution in [0.15, 0.2) is 48.5 Å². The van der Waals surface area contributed by atoms with Crippen LogP contribution in [0.3, 0.4) is 0 Å². The standard InChI is InChI=1S/C15H11FO/c16-14-9-10-5-1-2-6-11(10)15(17)13-8-4-3-7-12(13)14/h1-8,14H,9H2. The molecule has 0 spiro atoms. The summed E-state index contributed by atoms with van der Waals surface area (Å²) in [5, 5.41) is 0. The normalized spacial score (nSPS) is 18.2. The largest absolute Gasteiger partial charge is 0.289 e. The number of alkyl halides is 1. The first-order valence-electron chi connectivity index (χ1n) is 5.63. The van der Waals surface area contributed by atoms with E-state index >= 15 is 0 Å². The number of rotatable bonds is 0. The molecule has 1 nitrogen and oxygen atoms in total. The Morgan fingerprint density at radius 3 is 2.41 bits per heavy atom. The van der Waals surface area contributed by atoms with Crippen LogP contribution < -0.4 is 0 Å². The molecule has 0 fully saturated rings. The van der Waals surface area contributed by atoms with Gasteiger partial charge in [-0.1, -0.05) is 48.5 Å². The van der Waals surface area contributed by atoms with Crippen LogP contribution in [0.4, 0.5) is 4.39 Å². The van der Waals surface area contributed by atoms with Gasteiger partial charge >= 0.3 is 0 Å². The molecule has 0 amide bonds. The van der Waals surface area contributed by atoms with Crippen LogP contribution in [0.5, 0.6) is 0 Å². The van der Waals surface area contributed by atoms with Gasteiger partial charge in [-0.05, 0) is 11.1 Å². The van der Waals surface area contributed by atoms with Crippen molar-refractivity contribution in [2.45, 2.75) is 12.6 Å². The molecule has 0 aromatic heterocycles. The highest BCUT2D eigenvalue weighted by Crippen LogP contribution is 2.32. The molecule has 0 aliphatic heterocycles. The molecule has 0 heterocycles. The Morgan fingerprint density at radius 2 is 1.59 bits per heavy atom. The molecule has 0 N–H and O–H groups in total. The van der Waals surface area contributed by atoms with Gasteiger partial charge in [0.15, 0.2) is 5.78 Å². The lowest BCUT2D eigenvalue weighted by atomic mass is 9.99. The molecule has 1 aliphatic carbocycles. The number of halogens is 1. The fourth-order valence-electron chi connectivity index (χ4n) is 2.34. The third kappa shape index (κ3) is 1.57. The second-order valence-corrected chi connectivity index (χ2v) is 4.25. The number of fused-ring (bicyclic) bond motifs is 2. The van der Waals surface area contributed by atoms with Gasteiger partial charge in [0.05, 0.1) is 0 Å². The molecule has 1 unspecified atom stereocenters. The maximum absolute atomic E-state index is 14.1. The van der Waals surface area contributed by atoms with Crippen molar-refractivity contribution in [2.24, 2.45) is 0 Å². The molecule has 0 saturated carbocycles. The van der Waals surface area contributed by atoms with Crippen molar-refractivity contribution in [1.82, 2.24) is 0 Å². The number of hydrogen-bond donors (Lipinski definition) is 0. The molecular formula is C15H11FO. The summed E-state index contributed by atoms with van der Waals surface area (Å²) >= 11 is 0. The van der Waals surface area contributed by atoms with Gasteiger partial charge in [-0.25, -0.2) is 4.39 Å². The molecule has 2 aromatic carbocycles. The quantitative estimate of drug-likeness (QED) is 0.672. The van der Waals surface area contributed by atoms with Crippen LogP contribution in [0.25, 0.3) is 0 Å². The topological polar surface area (TPSA) is 17.1 Å². The summed E-state index contributed by atoms with van der Waals surface area (Å²) in [6.45, 7) is 0. The molecular weight excluding hydrogens is 215 g/mol. The van der Waals surface area contributed by atoms with Gasteiger partial charge in [0.1, 0.15) is 6.17 Å². The third-order valence-electron chi connectivity index (χ3n) is 3.20. The SMILES string of the molecule is O=C1c2ccccc2CC(F)c2ccccc21. The second-order valence-electron chi connectivity index (χ2n) is 4.25. The van der Waals surface area contributed by atoms with Gasteiger partial charge in [0.25, 0.3) is 0 Å². The fraction of sp³-hybridized carbons (Fsp3) is 0.133. The summed E-state index contributed by atoms with van der Waals surface area (Å²) in [5.41, 5.74) is 2.42. The highest BCUT2D eigenvalue weighted by Gasteiger charge is 2.26. The van der Waals surface area contributed by atoms with Crippen molar-refractivity contribution >= 4 is 5.78 Å². The van der Waals surface area contributed by atoms with E-state index in [1.807, 2.05) is 18.2 Å². The predicted octanol–water partition coefficient (Wildman–Crippen LogP) is 3.48. The van der Waals surface area contributed by atoms with E-state index in [4.69, 9.17) is 0 Å². The average molecular weight is 226 g/mol. The summed E-state index contributed by atoms with van der Waals surface area (Å²) in [4.78, 5) is 12.3. The summed E-state index contributed by atoms with van der Waals surface area (Å²) < 4.78 is 14.1. The van der Waals surface area contributed by atoms with E-state index in [2.05, 4.69) is 0 Å². The fourth-order valence-corrected chi connectivity index (χ4v) is 2.34. The Bertz CT molecular complexity index is 589. The Labute approximate surface area is 98.9 Å². The first-order valence-corrected chi connectivity index (χ1v) is 5.63. The van der Waals surface area contributed by atoms with E-state index in [0.29, 0.717) is 16.7 Å². The average Bonchev–Trinajstić information content (AvgIpc) is 2.48. The zero-order valence-electron chi connectivity index (χ0n) is 9.19. The number of benzene rings is 2. The monoisotopic (exact) mass is 226 g/mol. The summed E-state index contributed by atoms with van der Waals surface area (Å²) in [5.74, 6) is -0.0728. The van der Waals surface area contributed by atoms with Crippen LogP contribution in [-0.2, 0) is 6.42 Å². The highest BCUT2D eigenvalue weighted by atomic mass is 19.1. The van der Waals surface area contributed by atoms with E-state index in [-0.39, 0.29) is 12.2 Å². The molecule has 1 atom stereocenters. The van der Waals surface area contributed by atoms with Crippen LogP contribution >= 0.6 is 0 Å². The number of ketones is 1. The van der Waals surface area contributed by atoms with Crippen LogP contribution in [0.2, 0.25) is 0 Å². The molecule has 2 heteroatoms. The molecule has 84 valence electrons. The Hall–Kier alpha value is -1.96. The van der Waals surface area contributed by atoms with Crippen molar-refractivity contribution < 1.29 is 9.18 Å². The maximum Gasteiger partial charge on any atom is 0.193 e. The van der Waals surface area contributed by atoms with Crippen molar-refractivity contribution in [3.63, 3.8) is 0 Å². The van der Waals surface area contributed by atoms with Crippen LogP contribution in [0.1, 0.15) is 33.2 Å². The lowest BCUT2D eigenvalue weighted by molar-refractivity contribution is 0.103. The minimum absolute atomic E-state index is 0.0728. The van der Waals surface area contributed by atoms with E-state index < -0.39 is 6.17 Å². The Morgan fingerprint density at radius 1 is 0.941 bits per heavy atom.